The van der Waals surface area contributed by atoms with Crippen molar-refractivity contribution in [2.24, 2.45) is 0 Å². The molecule has 0 radical (unpaired) electrons. The lowest BCUT2D eigenvalue weighted by atomic mass is 9.90. The lowest BCUT2D eigenvalue weighted by Crippen LogP contribution is -2.09. The van der Waals surface area contributed by atoms with Crippen LogP contribution >= 0.6 is 0 Å². The predicted octanol–water partition coefficient (Wildman–Crippen LogP) is 18.6. The number of fused-ring (bicyclic) bond motifs is 4. The topological polar surface area (TPSA) is 3.24 Å². The predicted molar refractivity (Wildman–Crippen MR) is 286 cm³/mol. The maximum absolute atomic E-state index is 9.80. The van der Waals surface area contributed by atoms with Crippen molar-refractivity contribution in [1.82, 2.24) is 0 Å². The average Bonchev–Trinajstić information content (AvgIpc) is 3.44. The molecule has 12 aromatic rings. The van der Waals surface area contributed by atoms with E-state index in [9.17, 15) is 5.48 Å². The molecule has 0 spiro atoms. The minimum Gasteiger partial charge on any atom is -0.311 e. The molecular weight excluding hydrogens is 807 g/mol. The first kappa shape index (κ1) is 35.6. The maximum Gasteiger partial charge on any atom is 0.0645 e. The third-order valence-corrected chi connectivity index (χ3v) is 12.9. The van der Waals surface area contributed by atoms with Crippen LogP contribution in [0.4, 0.5) is 17.1 Å². The van der Waals surface area contributed by atoms with Crippen molar-refractivity contribution in [2.45, 2.75) is 0 Å². The van der Waals surface area contributed by atoms with E-state index in [1.807, 2.05) is 89.8 Å². The summed E-state index contributed by atoms with van der Waals surface area (Å²) in [4.78, 5) is 1.87. The summed E-state index contributed by atoms with van der Waals surface area (Å²) in [5.41, 5.74) is 12.9. The van der Waals surface area contributed by atoms with Crippen LogP contribution in [0.5, 0.6) is 0 Å². The molecule has 0 aliphatic heterocycles. The molecule has 0 aliphatic rings. The Balaban J connectivity index is 0.998. The van der Waals surface area contributed by atoms with E-state index in [1.165, 1.54) is 16.2 Å². The fourth-order valence-electron chi connectivity index (χ4n) is 9.61. The number of rotatable bonds is 9. The van der Waals surface area contributed by atoms with E-state index in [1.54, 1.807) is 0 Å². The van der Waals surface area contributed by atoms with Gasteiger partial charge < -0.3 is 4.90 Å². The Labute approximate surface area is 397 Å². The fourth-order valence-corrected chi connectivity index (χ4v) is 9.61. The molecule has 0 N–H and O–H groups in total. The van der Waals surface area contributed by atoms with E-state index in [0.717, 1.165) is 71.8 Å². The number of anilines is 3. The maximum atomic E-state index is 9.80. The molecule has 1 nitrogen and oxygen atoms in total. The highest BCUT2D eigenvalue weighted by Crippen LogP contribution is 2.42. The van der Waals surface area contributed by atoms with Crippen molar-refractivity contribution in [1.29, 1.82) is 0 Å². The fraction of sp³-hybridized carbons (Fsp3) is 0. The molecule has 0 heterocycles. The number of nitrogens with zero attached hydrogens (tertiary/aromatic N) is 1. The summed E-state index contributed by atoms with van der Waals surface area (Å²) in [6, 6.07) is 84.8. The lowest BCUT2D eigenvalue weighted by Gasteiger charge is -2.26. The van der Waals surface area contributed by atoms with Gasteiger partial charge in [-0.15, -0.1) is 0 Å². The van der Waals surface area contributed by atoms with Gasteiger partial charge in [0.05, 0.1) is 5.48 Å². The second-order valence-corrected chi connectivity index (χ2v) is 16.9. The third-order valence-electron chi connectivity index (χ3n) is 12.9. The van der Waals surface area contributed by atoms with E-state index in [0.29, 0.717) is 16.9 Å². The van der Waals surface area contributed by atoms with E-state index in [2.05, 4.69) is 164 Å². The zero-order valence-electron chi connectivity index (χ0n) is 40.6. The first-order valence-corrected chi connectivity index (χ1v) is 22.7. The molecule has 67 heavy (non-hydrogen) atoms. The highest BCUT2D eigenvalue weighted by Gasteiger charge is 2.17. The molecule has 12 rings (SSSR count). The third kappa shape index (κ3) is 7.63. The van der Waals surface area contributed by atoms with Crippen LogP contribution in [0.3, 0.4) is 0 Å². The van der Waals surface area contributed by atoms with Crippen LogP contribution in [0, 0.1) is 0 Å². The summed E-state index contributed by atoms with van der Waals surface area (Å²) in [5, 5.41) is 7.11. The Morgan fingerprint density at radius 2 is 0.687 bits per heavy atom. The van der Waals surface area contributed by atoms with Crippen LogP contribution in [0.15, 0.2) is 273 Å². The number of hydrogen-bond donors (Lipinski definition) is 0. The Hall–Kier alpha value is -8.78. The quantitative estimate of drug-likeness (QED) is 0.131. The molecule has 0 aliphatic carbocycles. The van der Waals surface area contributed by atoms with Gasteiger partial charge in [0.2, 0.25) is 0 Å². The summed E-state index contributed by atoms with van der Waals surface area (Å²) in [6.07, 6.45) is 0. The van der Waals surface area contributed by atoms with E-state index >= 15 is 0 Å². The summed E-state index contributed by atoms with van der Waals surface area (Å²) in [6.45, 7) is 0. The molecule has 0 fully saturated rings. The summed E-state index contributed by atoms with van der Waals surface area (Å²) in [7, 11) is 0. The Kier molecular flexibility index (Phi) is 9.19. The van der Waals surface area contributed by atoms with E-state index in [4.69, 9.17) is 0 Å². The SMILES string of the molecule is [2H]c1c([2H])c(N(c2ccc(-c3ccc4c(ccc5ccccc54)c3)cc2)c2ccc(-c3ccc4ccccc4c3-c3ccccc3)cc2)c([2H])c([2H])c1-c1ccc(-c2ccccc2)c(-c2ccccc2)c1. The van der Waals surface area contributed by atoms with Gasteiger partial charge in [-0.3, -0.25) is 0 Å². The monoisotopic (exact) mass is 855 g/mol. The summed E-state index contributed by atoms with van der Waals surface area (Å²) >= 11 is 0. The Morgan fingerprint density at radius 1 is 0.239 bits per heavy atom. The van der Waals surface area contributed by atoms with Gasteiger partial charge in [0.1, 0.15) is 0 Å². The molecule has 0 aromatic heterocycles. The highest BCUT2D eigenvalue weighted by atomic mass is 15.1. The molecule has 0 unspecified atom stereocenters. The lowest BCUT2D eigenvalue weighted by molar-refractivity contribution is 1.28. The van der Waals surface area contributed by atoms with Gasteiger partial charge in [0.15, 0.2) is 0 Å². The van der Waals surface area contributed by atoms with Crippen LogP contribution in [-0.4, -0.2) is 0 Å². The largest absolute Gasteiger partial charge is 0.311 e. The molecule has 0 atom stereocenters. The second-order valence-electron chi connectivity index (χ2n) is 16.9. The van der Waals surface area contributed by atoms with Crippen LogP contribution in [0.25, 0.3) is 99.1 Å². The first-order chi connectivity index (χ1) is 34.9. The molecule has 0 saturated carbocycles. The number of benzene rings is 12. The van der Waals surface area contributed by atoms with E-state index in [-0.39, 0.29) is 35.4 Å². The Morgan fingerprint density at radius 3 is 1.36 bits per heavy atom. The van der Waals surface area contributed by atoms with E-state index < -0.39 is 0 Å². The molecule has 0 bridgehead atoms. The van der Waals surface area contributed by atoms with Gasteiger partial charge in [-0.1, -0.05) is 224 Å². The van der Waals surface area contributed by atoms with Gasteiger partial charge in [0.25, 0.3) is 0 Å². The second kappa shape index (κ2) is 17.3. The Bertz CT molecular complexity index is 3920. The minimum atomic E-state index is -0.134. The van der Waals surface area contributed by atoms with Crippen molar-refractivity contribution in [2.75, 3.05) is 4.90 Å². The molecular formula is C66H45N. The van der Waals surface area contributed by atoms with Crippen molar-refractivity contribution < 1.29 is 5.48 Å². The van der Waals surface area contributed by atoms with Crippen LogP contribution < -0.4 is 4.90 Å². The summed E-state index contributed by atoms with van der Waals surface area (Å²) < 4.78 is 39.0. The van der Waals surface area contributed by atoms with Crippen molar-refractivity contribution in [3.05, 3.63) is 273 Å². The molecule has 0 saturated heterocycles. The van der Waals surface area contributed by atoms with Gasteiger partial charge in [0, 0.05) is 17.1 Å². The first-order valence-electron chi connectivity index (χ1n) is 24.7. The van der Waals surface area contributed by atoms with Crippen molar-refractivity contribution in [3.63, 3.8) is 0 Å². The molecule has 12 aromatic carbocycles. The highest BCUT2D eigenvalue weighted by molar-refractivity contribution is 6.08. The normalized spacial score (nSPS) is 12.1. The van der Waals surface area contributed by atoms with Crippen LogP contribution in [-0.2, 0) is 0 Å². The number of hydrogen-bond acceptors (Lipinski definition) is 1. The van der Waals surface area contributed by atoms with Gasteiger partial charge in [-0.2, -0.15) is 0 Å². The zero-order valence-corrected chi connectivity index (χ0v) is 36.6. The average molecular weight is 856 g/mol. The van der Waals surface area contributed by atoms with Gasteiger partial charge in [-0.25, -0.2) is 0 Å². The zero-order chi connectivity index (χ0) is 48.0. The van der Waals surface area contributed by atoms with Gasteiger partial charge in [-0.05, 0) is 148 Å². The van der Waals surface area contributed by atoms with Gasteiger partial charge >= 0.3 is 0 Å². The molecule has 0 amide bonds. The smallest absolute Gasteiger partial charge is 0.0645 e. The standard InChI is InChI=1S/C66H45N/c1-4-14-48(15-5-1)61-41-34-55(45-65(61)49-16-6-2-7-17-49)47-28-37-58(38-29-47)67(57-35-26-46(27-36-57)54-33-42-62-56(44-54)25-24-50-18-10-12-22-60(50)62)59-39-30-52(31-40-59)64-43-32-51-19-11-13-23-63(51)66(64)53-20-8-3-9-21-53/h1-45H/i28D,29D,37D,38D. The van der Waals surface area contributed by atoms with Crippen LogP contribution in [0.1, 0.15) is 5.48 Å². The van der Waals surface area contributed by atoms with Crippen LogP contribution in [0.2, 0.25) is 0 Å². The molecule has 1 heteroatoms. The minimum absolute atomic E-state index is 0.113. The van der Waals surface area contributed by atoms with Crippen molar-refractivity contribution >= 4 is 49.4 Å². The van der Waals surface area contributed by atoms with Crippen molar-refractivity contribution in [3.8, 4) is 66.8 Å². The summed E-state index contributed by atoms with van der Waals surface area (Å²) in [5.74, 6) is 0. The molecule has 314 valence electrons.